The minimum atomic E-state index is 0.154. The molecule has 0 bridgehead atoms. The van der Waals surface area contributed by atoms with E-state index in [2.05, 4.69) is 39.4 Å². The van der Waals surface area contributed by atoms with Gasteiger partial charge in [0.1, 0.15) is 0 Å². The van der Waals surface area contributed by atoms with Crippen LogP contribution in [0.2, 0.25) is 0 Å². The van der Waals surface area contributed by atoms with Gasteiger partial charge in [-0.25, -0.2) is 0 Å². The first-order chi connectivity index (χ1) is 11.8. The van der Waals surface area contributed by atoms with E-state index in [1.54, 1.807) is 7.11 Å². The van der Waals surface area contributed by atoms with Crippen LogP contribution in [-0.4, -0.2) is 68.7 Å². The van der Waals surface area contributed by atoms with Gasteiger partial charge in [-0.2, -0.15) is 0 Å². The van der Waals surface area contributed by atoms with Crippen LogP contribution in [0.5, 0.6) is 0 Å². The zero-order chi connectivity index (χ0) is 16.8. The smallest absolute Gasteiger partial charge is 0.234 e. The topological polar surface area (TPSA) is 44.8 Å². The van der Waals surface area contributed by atoms with Crippen molar-refractivity contribution in [3.05, 3.63) is 35.9 Å². The van der Waals surface area contributed by atoms with Crippen molar-refractivity contribution in [3.8, 4) is 0 Å². The summed E-state index contributed by atoms with van der Waals surface area (Å²) in [5, 5.41) is 3.27. The van der Waals surface area contributed by atoms with Crippen LogP contribution >= 0.6 is 0 Å². The molecule has 132 valence electrons. The van der Waals surface area contributed by atoms with Gasteiger partial charge in [0.05, 0.1) is 19.2 Å². The maximum atomic E-state index is 12.5. The number of carbonyl (C=O) groups excluding carboxylic acids is 1. The second kappa shape index (κ2) is 8.60. The minimum absolute atomic E-state index is 0.154. The van der Waals surface area contributed by atoms with Crippen molar-refractivity contribution in [2.24, 2.45) is 5.92 Å². The molecule has 2 fully saturated rings. The molecule has 1 amide bonds. The molecular formula is C19H29N3O2. The van der Waals surface area contributed by atoms with E-state index in [4.69, 9.17) is 4.74 Å². The number of nitrogens with one attached hydrogen (secondary N) is 1. The van der Waals surface area contributed by atoms with Gasteiger partial charge in [0.15, 0.2) is 0 Å². The van der Waals surface area contributed by atoms with Crippen molar-refractivity contribution in [2.45, 2.75) is 18.9 Å². The number of amides is 1. The summed E-state index contributed by atoms with van der Waals surface area (Å²) in [6.07, 6.45) is 2.44. The number of methoxy groups -OCH3 is 1. The highest BCUT2D eigenvalue weighted by molar-refractivity contribution is 5.78. The van der Waals surface area contributed by atoms with Crippen molar-refractivity contribution >= 4 is 5.91 Å². The highest BCUT2D eigenvalue weighted by Crippen LogP contribution is 2.40. The van der Waals surface area contributed by atoms with Gasteiger partial charge in [-0.1, -0.05) is 30.3 Å². The zero-order valence-corrected chi connectivity index (χ0v) is 14.6. The molecular weight excluding hydrogens is 302 g/mol. The number of piperazine rings is 1. The first kappa shape index (κ1) is 17.4. The van der Waals surface area contributed by atoms with Crippen molar-refractivity contribution in [2.75, 3.05) is 53.0 Å². The summed E-state index contributed by atoms with van der Waals surface area (Å²) in [6.45, 7) is 6.21. The van der Waals surface area contributed by atoms with Crippen LogP contribution in [-0.2, 0) is 9.53 Å². The Morgan fingerprint density at radius 3 is 2.46 bits per heavy atom. The standard InChI is InChI=1S/C19H29N3O2/c1-24-14-13-21-9-11-22(12-10-21)15-18(23)20-19(17-7-8-17)16-5-3-2-4-6-16/h2-6,17,19H,7-15H2,1H3,(H,20,23)/t19-/m1/s1. The lowest BCUT2D eigenvalue weighted by Gasteiger charge is -2.34. The number of nitrogens with zero attached hydrogens (tertiary/aromatic N) is 2. The molecule has 0 aromatic heterocycles. The van der Waals surface area contributed by atoms with Crippen LogP contribution < -0.4 is 5.32 Å². The van der Waals surface area contributed by atoms with Crippen LogP contribution in [0.25, 0.3) is 0 Å². The van der Waals surface area contributed by atoms with Crippen LogP contribution in [0.15, 0.2) is 30.3 Å². The van der Waals surface area contributed by atoms with Gasteiger partial charge < -0.3 is 10.1 Å². The van der Waals surface area contributed by atoms with Crippen LogP contribution in [0.3, 0.4) is 0 Å². The predicted molar refractivity (Wildman–Crippen MR) is 94.8 cm³/mol. The van der Waals surface area contributed by atoms with Crippen LogP contribution in [0.4, 0.5) is 0 Å². The molecule has 1 aliphatic carbocycles. The second-order valence-electron chi connectivity index (χ2n) is 6.90. The minimum Gasteiger partial charge on any atom is -0.383 e. The lowest BCUT2D eigenvalue weighted by molar-refractivity contribution is -0.123. The Kier molecular flexibility index (Phi) is 6.24. The Morgan fingerprint density at radius 1 is 1.17 bits per heavy atom. The van der Waals surface area contributed by atoms with E-state index in [1.165, 1.54) is 18.4 Å². The van der Waals surface area contributed by atoms with Crippen LogP contribution in [0.1, 0.15) is 24.4 Å². The Hall–Kier alpha value is -1.43. The van der Waals surface area contributed by atoms with Gasteiger partial charge in [-0.3, -0.25) is 14.6 Å². The van der Waals surface area contributed by atoms with Gasteiger partial charge in [0, 0.05) is 39.8 Å². The fourth-order valence-corrected chi connectivity index (χ4v) is 3.38. The van der Waals surface area contributed by atoms with Crippen molar-refractivity contribution in [1.82, 2.24) is 15.1 Å². The third kappa shape index (κ3) is 5.03. The van der Waals surface area contributed by atoms with E-state index in [0.717, 1.165) is 39.3 Å². The third-order valence-corrected chi connectivity index (χ3v) is 5.01. The molecule has 0 spiro atoms. The first-order valence-electron chi connectivity index (χ1n) is 9.04. The fourth-order valence-electron chi connectivity index (χ4n) is 3.38. The Bertz CT molecular complexity index is 511. The molecule has 1 saturated carbocycles. The van der Waals surface area contributed by atoms with Gasteiger partial charge >= 0.3 is 0 Å². The predicted octanol–water partition coefficient (Wildman–Crippen LogP) is 1.52. The van der Waals surface area contributed by atoms with Crippen LogP contribution in [0, 0.1) is 5.92 Å². The molecule has 1 saturated heterocycles. The Morgan fingerprint density at radius 2 is 1.83 bits per heavy atom. The third-order valence-electron chi connectivity index (χ3n) is 5.01. The number of hydrogen-bond donors (Lipinski definition) is 1. The molecule has 0 radical (unpaired) electrons. The average molecular weight is 331 g/mol. The molecule has 1 aromatic rings. The number of carbonyl (C=O) groups is 1. The summed E-state index contributed by atoms with van der Waals surface area (Å²) in [6, 6.07) is 10.6. The Labute approximate surface area is 145 Å². The number of ether oxygens (including phenoxy) is 1. The number of benzene rings is 1. The molecule has 24 heavy (non-hydrogen) atoms. The summed E-state index contributed by atoms with van der Waals surface area (Å²) in [4.78, 5) is 17.1. The molecule has 1 atom stereocenters. The summed E-state index contributed by atoms with van der Waals surface area (Å²) in [7, 11) is 1.74. The molecule has 0 unspecified atom stereocenters. The van der Waals surface area contributed by atoms with Crippen molar-refractivity contribution in [3.63, 3.8) is 0 Å². The van der Waals surface area contributed by atoms with Crippen molar-refractivity contribution in [1.29, 1.82) is 0 Å². The van der Waals surface area contributed by atoms with E-state index in [9.17, 15) is 4.79 Å². The summed E-state index contributed by atoms with van der Waals surface area (Å²) >= 11 is 0. The average Bonchev–Trinajstić information content (AvgIpc) is 3.45. The molecule has 5 heteroatoms. The van der Waals surface area contributed by atoms with E-state index in [-0.39, 0.29) is 11.9 Å². The van der Waals surface area contributed by atoms with E-state index in [0.29, 0.717) is 12.5 Å². The lowest BCUT2D eigenvalue weighted by Crippen LogP contribution is -2.50. The second-order valence-corrected chi connectivity index (χ2v) is 6.90. The zero-order valence-electron chi connectivity index (χ0n) is 14.6. The molecule has 1 heterocycles. The lowest BCUT2D eigenvalue weighted by atomic mass is 10.0. The molecule has 1 aliphatic heterocycles. The van der Waals surface area contributed by atoms with E-state index in [1.807, 2.05) is 6.07 Å². The maximum absolute atomic E-state index is 12.5. The maximum Gasteiger partial charge on any atom is 0.234 e. The SMILES string of the molecule is COCCN1CCN(CC(=O)N[C@H](c2ccccc2)C2CC2)CC1. The molecule has 5 nitrogen and oxygen atoms in total. The van der Waals surface area contributed by atoms with Gasteiger partial charge in [-0.15, -0.1) is 0 Å². The normalized spacial score (nSPS) is 20.7. The highest BCUT2D eigenvalue weighted by atomic mass is 16.5. The number of rotatable bonds is 8. The van der Waals surface area contributed by atoms with E-state index < -0.39 is 0 Å². The summed E-state index contributed by atoms with van der Waals surface area (Å²) in [5.74, 6) is 0.767. The van der Waals surface area contributed by atoms with E-state index >= 15 is 0 Å². The van der Waals surface area contributed by atoms with Gasteiger partial charge in [0.2, 0.25) is 5.91 Å². The fraction of sp³-hybridized carbons (Fsp3) is 0.632. The molecule has 1 aromatic carbocycles. The van der Waals surface area contributed by atoms with Gasteiger partial charge in [-0.05, 0) is 24.3 Å². The molecule has 1 N–H and O–H groups in total. The van der Waals surface area contributed by atoms with Gasteiger partial charge in [0.25, 0.3) is 0 Å². The monoisotopic (exact) mass is 331 g/mol. The largest absolute Gasteiger partial charge is 0.383 e. The summed E-state index contributed by atoms with van der Waals surface area (Å²) < 4.78 is 5.13. The number of hydrogen-bond acceptors (Lipinski definition) is 4. The van der Waals surface area contributed by atoms with Crippen molar-refractivity contribution < 1.29 is 9.53 Å². The highest BCUT2D eigenvalue weighted by Gasteiger charge is 2.33. The molecule has 3 rings (SSSR count). The molecule has 2 aliphatic rings. The first-order valence-corrected chi connectivity index (χ1v) is 9.04. The Balaban J connectivity index is 1.45. The quantitative estimate of drug-likeness (QED) is 0.784. The summed E-state index contributed by atoms with van der Waals surface area (Å²) in [5.41, 5.74) is 1.23.